The molecule has 2 heterocycles. The second-order valence-electron chi connectivity index (χ2n) is 5.27. The topological polar surface area (TPSA) is 53.9 Å². The first-order valence-corrected chi connectivity index (χ1v) is 7.47. The molecule has 5 heteroatoms. The normalized spacial score (nSPS) is 10.0. The van der Waals surface area contributed by atoms with E-state index >= 15 is 0 Å². The summed E-state index contributed by atoms with van der Waals surface area (Å²) < 4.78 is 2.84. The number of rotatable bonds is 0. The molecule has 0 saturated carbocycles. The van der Waals surface area contributed by atoms with Crippen LogP contribution >= 0.6 is 15.9 Å². The molecule has 2 aromatic rings. The summed E-state index contributed by atoms with van der Waals surface area (Å²) >= 11 is 3.41. The van der Waals surface area contributed by atoms with Crippen LogP contribution in [0.25, 0.3) is 0 Å². The monoisotopic (exact) mass is 352 g/mol. The summed E-state index contributed by atoms with van der Waals surface area (Å²) in [6.45, 7) is 11.3. The van der Waals surface area contributed by atoms with Crippen molar-refractivity contribution in [3.8, 4) is 0 Å². The molecule has 4 nitrogen and oxygen atoms in total. The molecule has 2 rings (SSSR count). The van der Waals surface area contributed by atoms with Crippen LogP contribution in [-0.2, 0) is 0 Å². The Morgan fingerprint density at radius 2 is 1.33 bits per heavy atom. The summed E-state index contributed by atoms with van der Waals surface area (Å²) in [5.41, 5.74) is 5.59. The highest BCUT2D eigenvalue weighted by molar-refractivity contribution is 9.10. The lowest BCUT2D eigenvalue weighted by Gasteiger charge is -2.06. The molecule has 0 atom stereocenters. The van der Waals surface area contributed by atoms with E-state index < -0.39 is 0 Å². The molecule has 0 aliphatic heterocycles. The Morgan fingerprint density at radius 1 is 0.810 bits per heavy atom. The first-order valence-electron chi connectivity index (χ1n) is 6.67. The molecule has 0 amide bonds. The van der Waals surface area contributed by atoms with Gasteiger partial charge in [0.1, 0.15) is 0 Å². The van der Waals surface area contributed by atoms with Gasteiger partial charge in [-0.05, 0) is 49.7 Å². The fourth-order valence-corrected chi connectivity index (χ4v) is 2.28. The van der Waals surface area contributed by atoms with Gasteiger partial charge in [0, 0.05) is 40.6 Å². The molecule has 0 N–H and O–H groups in total. The lowest BCUT2D eigenvalue weighted by atomic mass is 10.2. The van der Waals surface area contributed by atoms with Gasteiger partial charge in [0.25, 0.3) is 0 Å². The third kappa shape index (κ3) is 4.17. The summed E-state index contributed by atoms with van der Waals surface area (Å²) in [6.07, 6.45) is 3.16. The predicted molar refractivity (Wildman–Crippen MR) is 86.9 cm³/mol. The molecule has 0 spiro atoms. The number of pyridine rings is 2. The van der Waals surface area contributed by atoms with E-state index in [1.54, 1.807) is 12.4 Å². The van der Waals surface area contributed by atoms with Crippen molar-refractivity contribution in [2.75, 3.05) is 0 Å². The van der Waals surface area contributed by atoms with E-state index in [0.29, 0.717) is 0 Å². The first-order chi connectivity index (χ1) is 9.65. The quantitative estimate of drug-likeness (QED) is 0.539. The molecule has 0 aliphatic carbocycles. The van der Waals surface area contributed by atoms with Crippen molar-refractivity contribution >= 4 is 15.9 Å². The Bertz CT molecular complexity index is 621. The average Bonchev–Trinajstić information content (AvgIpc) is 2.41. The minimum Gasteiger partial charge on any atom is -0.618 e. The maximum atomic E-state index is 11.1. The van der Waals surface area contributed by atoms with Crippen molar-refractivity contribution in [2.45, 2.75) is 41.5 Å². The Labute approximate surface area is 134 Å². The van der Waals surface area contributed by atoms with Crippen LogP contribution in [0, 0.1) is 52.0 Å². The summed E-state index contributed by atoms with van der Waals surface area (Å²) in [4.78, 5) is 0. The number of aryl methyl sites for hydroxylation is 3. The lowest BCUT2D eigenvalue weighted by Crippen LogP contribution is -2.31. The van der Waals surface area contributed by atoms with Gasteiger partial charge in [-0.15, -0.1) is 0 Å². The van der Waals surface area contributed by atoms with Crippen LogP contribution < -0.4 is 9.46 Å². The Hall–Kier alpha value is -1.62. The minimum absolute atomic E-state index is 0.752. The van der Waals surface area contributed by atoms with Gasteiger partial charge in [-0.1, -0.05) is 0 Å². The fraction of sp³-hybridized carbons (Fsp3) is 0.375. The van der Waals surface area contributed by atoms with Crippen LogP contribution in [0.1, 0.15) is 33.6 Å². The van der Waals surface area contributed by atoms with Gasteiger partial charge >= 0.3 is 0 Å². The van der Waals surface area contributed by atoms with Gasteiger partial charge in [0.05, 0.1) is 0 Å². The lowest BCUT2D eigenvalue weighted by molar-refractivity contribution is -0.613. The van der Waals surface area contributed by atoms with Gasteiger partial charge in [-0.3, -0.25) is 0 Å². The number of hydrogen-bond acceptors (Lipinski definition) is 2. The minimum atomic E-state index is 0.752. The van der Waals surface area contributed by atoms with E-state index in [9.17, 15) is 10.4 Å². The molecule has 0 saturated heterocycles. The summed E-state index contributed by atoms with van der Waals surface area (Å²) in [6, 6.07) is 2.00. The van der Waals surface area contributed by atoms with E-state index in [1.165, 1.54) is 0 Å². The van der Waals surface area contributed by atoms with Crippen LogP contribution in [0.3, 0.4) is 0 Å². The maximum Gasteiger partial charge on any atom is 0.193 e. The Balaban J connectivity index is 0.000000211. The Morgan fingerprint density at radius 3 is 1.86 bits per heavy atom. The van der Waals surface area contributed by atoms with E-state index in [-0.39, 0.29) is 0 Å². The average molecular weight is 353 g/mol. The molecule has 0 unspecified atom stereocenters. The third-order valence-corrected chi connectivity index (χ3v) is 4.75. The van der Waals surface area contributed by atoms with Crippen molar-refractivity contribution in [2.24, 2.45) is 0 Å². The zero-order valence-electron chi connectivity index (χ0n) is 13.3. The molecule has 0 aromatic carbocycles. The zero-order chi connectivity index (χ0) is 16.3. The summed E-state index contributed by atoms with van der Waals surface area (Å²) in [7, 11) is 0. The molecule has 0 fully saturated rings. The third-order valence-electron chi connectivity index (χ3n) is 3.53. The fourth-order valence-electron chi connectivity index (χ4n) is 1.89. The molecule has 21 heavy (non-hydrogen) atoms. The predicted octanol–water partition coefficient (Wildman–Crippen LogP) is 3.25. The Kier molecular flexibility index (Phi) is 5.72. The van der Waals surface area contributed by atoms with Crippen molar-refractivity contribution in [1.29, 1.82) is 0 Å². The van der Waals surface area contributed by atoms with Gasteiger partial charge in [-0.25, -0.2) is 0 Å². The summed E-state index contributed by atoms with van der Waals surface area (Å²) in [5, 5.41) is 22.1. The number of aromatic nitrogens is 2. The maximum absolute atomic E-state index is 11.1. The highest BCUT2D eigenvalue weighted by Gasteiger charge is 2.09. The van der Waals surface area contributed by atoms with Crippen molar-refractivity contribution < 1.29 is 9.46 Å². The molecule has 0 bridgehead atoms. The van der Waals surface area contributed by atoms with E-state index in [0.717, 1.165) is 47.6 Å². The molecule has 2 aromatic heterocycles. The second-order valence-corrected chi connectivity index (χ2v) is 6.07. The van der Waals surface area contributed by atoms with Crippen molar-refractivity contribution in [3.05, 3.63) is 67.0 Å². The number of halogens is 1. The van der Waals surface area contributed by atoms with E-state index in [2.05, 4.69) is 15.9 Å². The standard InChI is InChI=1S/C8H10BrNO.C8H11NO/c1-5-4-10(11)7(3)6(2)8(5)9;1-6-4-7(2)8(3)9(10)5-6/h4H,1-3H3;4-5H,1-3H3. The van der Waals surface area contributed by atoms with Crippen LogP contribution in [0.15, 0.2) is 22.9 Å². The second kappa shape index (κ2) is 6.89. The molecular weight excluding hydrogens is 332 g/mol. The van der Waals surface area contributed by atoms with Gasteiger partial charge in [0.2, 0.25) is 0 Å². The first kappa shape index (κ1) is 17.4. The largest absolute Gasteiger partial charge is 0.618 e. The van der Waals surface area contributed by atoms with Crippen LogP contribution in [0.4, 0.5) is 0 Å². The molecule has 0 aliphatic rings. The molecule has 114 valence electrons. The van der Waals surface area contributed by atoms with Gasteiger partial charge in [0.15, 0.2) is 23.8 Å². The smallest absolute Gasteiger partial charge is 0.193 e. The van der Waals surface area contributed by atoms with Crippen LogP contribution in [0.2, 0.25) is 0 Å². The zero-order valence-corrected chi connectivity index (χ0v) is 14.9. The molecular formula is C16H21BrN2O2. The molecule has 0 radical (unpaired) electrons. The SMILES string of the molecule is Cc1c[n+]([O-])c(C)c(C)c1Br.Cc1cc(C)c(C)[n+]([O-])c1. The van der Waals surface area contributed by atoms with E-state index in [1.807, 2.05) is 47.6 Å². The van der Waals surface area contributed by atoms with Gasteiger partial charge < -0.3 is 10.4 Å². The highest BCUT2D eigenvalue weighted by Crippen LogP contribution is 2.20. The van der Waals surface area contributed by atoms with E-state index in [4.69, 9.17) is 0 Å². The number of hydrogen-bond donors (Lipinski definition) is 0. The van der Waals surface area contributed by atoms with Crippen LogP contribution in [-0.4, -0.2) is 0 Å². The summed E-state index contributed by atoms with van der Waals surface area (Å²) in [5.74, 6) is 0. The highest BCUT2D eigenvalue weighted by atomic mass is 79.9. The number of nitrogens with zero attached hydrogens (tertiary/aromatic N) is 2. The van der Waals surface area contributed by atoms with Crippen molar-refractivity contribution in [1.82, 2.24) is 0 Å². The van der Waals surface area contributed by atoms with Crippen molar-refractivity contribution in [3.63, 3.8) is 0 Å². The van der Waals surface area contributed by atoms with Crippen LogP contribution in [0.5, 0.6) is 0 Å². The van der Waals surface area contributed by atoms with Gasteiger partial charge in [-0.2, -0.15) is 9.46 Å².